The van der Waals surface area contributed by atoms with Crippen LogP contribution in [-0.4, -0.2) is 12.1 Å². The van der Waals surface area contributed by atoms with E-state index in [1.54, 1.807) is 24.3 Å². The Morgan fingerprint density at radius 2 is 2.06 bits per heavy atom. The van der Waals surface area contributed by atoms with Gasteiger partial charge in [0.15, 0.2) is 6.17 Å². The van der Waals surface area contributed by atoms with E-state index in [1.807, 2.05) is 6.92 Å². The molecule has 0 spiro atoms. The number of carbonyl (C=O) groups is 1. The summed E-state index contributed by atoms with van der Waals surface area (Å²) in [5, 5.41) is 0.615. The van der Waals surface area contributed by atoms with E-state index in [4.69, 9.17) is 16.3 Å². The van der Waals surface area contributed by atoms with Gasteiger partial charge in [0, 0.05) is 5.02 Å². The van der Waals surface area contributed by atoms with Gasteiger partial charge in [0.1, 0.15) is 6.61 Å². The molecule has 0 aromatic heterocycles. The number of halogens is 2. The monoisotopic (exact) mass is 244 g/mol. The number of hydrogen-bond acceptors (Lipinski definition) is 2. The summed E-state index contributed by atoms with van der Waals surface area (Å²) in [6, 6.07) is 6.87. The van der Waals surface area contributed by atoms with Gasteiger partial charge in [0.2, 0.25) is 0 Å². The Balaban J connectivity index is 2.39. The van der Waals surface area contributed by atoms with Crippen LogP contribution in [0, 0.1) is 0 Å². The summed E-state index contributed by atoms with van der Waals surface area (Å²) < 4.78 is 17.9. The van der Waals surface area contributed by atoms with Crippen molar-refractivity contribution in [3.05, 3.63) is 34.9 Å². The molecular formula is C12H14ClFO2. The minimum absolute atomic E-state index is 0.0835. The Morgan fingerprint density at radius 3 is 2.62 bits per heavy atom. The molecule has 2 nitrogen and oxygen atoms in total. The SMILES string of the molecule is CCCC(F)C(=O)OCc1ccc(Cl)cc1. The van der Waals surface area contributed by atoms with Gasteiger partial charge < -0.3 is 4.74 Å². The van der Waals surface area contributed by atoms with Crippen LogP contribution in [-0.2, 0) is 16.1 Å². The van der Waals surface area contributed by atoms with Gasteiger partial charge in [0.25, 0.3) is 0 Å². The van der Waals surface area contributed by atoms with E-state index < -0.39 is 12.1 Å². The van der Waals surface area contributed by atoms with Crippen LogP contribution in [0.2, 0.25) is 5.02 Å². The minimum atomic E-state index is -1.52. The van der Waals surface area contributed by atoms with E-state index >= 15 is 0 Å². The normalized spacial score (nSPS) is 12.2. The molecule has 1 aromatic carbocycles. The summed E-state index contributed by atoms with van der Waals surface area (Å²) in [7, 11) is 0. The summed E-state index contributed by atoms with van der Waals surface area (Å²) >= 11 is 5.70. The maximum absolute atomic E-state index is 13.1. The molecule has 0 aliphatic heterocycles. The van der Waals surface area contributed by atoms with Gasteiger partial charge in [-0.2, -0.15) is 0 Å². The number of hydrogen-bond donors (Lipinski definition) is 0. The Kier molecular flexibility index (Phi) is 5.26. The van der Waals surface area contributed by atoms with Crippen LogP contribution in [0.5, 0.6) is 0 Å². The van der Waals surface area contributed by atoms with Gasteiger partial charge in [-0.25, -0.2) is 9.18 Å². The lowest BCUT2D eigenvalue weighted by molar-refractivity contribution is -0.151. The van der Waals surface area contributed by atoms with Crippen molar-refractivity contribution in [2.75, 3.05) is 0 Å². The largest absolute Gasteiger partial charge is 0.459 e. The highest BCUT2D eigenvalue weighted by atomic mass is 35.5. The predicted octanol–water partition coefficient (Wildman–Crippen LogP) is 3.52. The lowest BCUT2D eigenvalue weighted by atomic mass is 10.2. The van der Waals surface area contributed by atoms with Crippen molar-refractivity contribution in [2.24, 2.45) is 0 Å². The first-order valence-corrected chi connectivity index (χ1v) is 5.56. The number of ether oxygens (including phenoxy) is 1. The molecular weight excluding hydrogens is 231 g/mol. The highest BCUT2D eigenvalue weighted by molar-refractivity contribution is 6.30. The third kappa shape index (κ3) is 4.19. The summed E-state index contributed by atoms with van der Waals surface area (Å²) in [5.41, 5.74) is 0.793. The Morgan fingerprint density at radius 1 is 1.44 bits per heavy atom. The Labute approximate surface area is 99.4 Å². The fourth-order valence-electron chi connectivity index (χ4n) is 1.20. The van der Waals surface area contributed by atoms with Crippen molar-refractivity contribution in [1.29, 1.82) is 0 Å². The van der Waals surface area contributed by atoms with Crippen LogP contribution in [0.15, 0.2) is 24.3 Å². The molecule has 4 heteroatoms. The molecule has 0 saturated heterocycles. The molecule has 1 unspecified atom stereocenters. The fourth-order valence-corrected chi connectivity index (χ4v) is 1.32. The maximum atomic E-state index is 13.1. The van der Waals surface area contributed by atoms with Gasteiger partial charge in [-0.15, -0.1) is 0 Å². The molecule has 88 valence electrons. The minimum Gasteiger partial charge on any atom is -0.459 e. The molecule has 0 aliphatic rings. The van der Waals surface area contributed by atoms with Crippen molar-refractivity contribution in [3.8, 4) is 0 Å². The lowest BCUT2D eigenvalue weighted by Gasteiger charge is -2.07. The fraction of sp³-hybridized carbons (Fsp3) is 0.417. The highest BCUT2D eigenvalue weighted by Crippen LogP contribution is 2.11. The maximum Gasteiger partial charge on any atom is 0.341 e. The number of rotatable bonds is 5. The van der Waals surface area contributed by atoms with Gasteiger partial charge in [-0.1, -0.05) is 37.1 Å². The lowest BCUT2D eigenvalue weighted by Crippen LogP contribution is -2.18. The van der Waals surface area contributed by atoms with Crippen molar-refractivity contribution >= 4 is 17.6 Å². The number of benzene rings is 1. The first-order chi connectivity index (χ1) is 7.63. The molecule has 0 fully saturated rings. The molecule has 0 radical (unpaired) electrons. The average molecular weight is 245 g/mol. The molecule has 0 heterocycles. The average Bonchev–Trinajstić information content (AvgIpc) is 2.28. The topological polar surface area (TPSA) is 26.3 Å². The highest BCUT2D eigenvalue weighted by Gasteiger charge is 2.17. The van der Waals surface area contributed by atoms with E-state index in [2.05, 4.69) is 0 Å². The zero-order valence-corrected chi connectivity index (χ0v) is 9.84. The zero-order chi connectivity index (χ0) is 12.0. The molecule has 1 aromatic rings. The van der Waals surface area contributed by atoms with Crippen LogP contribution in [0.3, 0.4) is 0 Å². The second kappa shape index (κ2) is 6.48. The summed E-state index contributed by atoms with van der Waals surface area (Å²) in [6.45, 7) is 1.90. The third-order valence-corrected chi connectivity index (χ3v) is 2.34. The van der Waals surface area contributed by atoms with Crippen molar-refractivity contribution < 1.29 is 13.9 Å². The molecule has 0 bridgehead atoms. The van der Waals surface area contributed by atoms with Crippen LogP contribution < -0.4 is 0 Å². The van der Waals surface area contributed by atoms with Gasteiger partial charge in [0.05, 0.1) is 0 Å². The van der Waals surface area contributed by atoms with E-state index in [9.17, 15) is 9.18 Å². The van der Waals surface area contributed by atoms with E-state index in [-0.39, 0.29) is 13.0 Å². The molecule has 0 amide bonds. The molecule has 1 atom stereocenters. The molecule has 0 saturated carbocycles. The van der Waals surface area contributed by atoms with Gasteiger partial charge in [-0.3, -0.25) is 0 Å². The van der Waals surface area contributed by atoms with Crippen LogP contribution in [0.1, 0.15) is 25.3 Å². The van der Waals surface area contributed by atoms with E-state index in [0.29, 0.717) is 11.4 Å². The van der Waals surface area contributed by atoms with E-state index in [1.165, 1.54) is 0 Å². The molecule has 0 N–H and O–H groups in total. The molecule has 0 aliphatic carbocycles. The predicted molar refractivity (Wildman–Crippen MR) is 61.1 cm³/mol. The smallest absolute Gasteiger partial charge is 0.341 e. The second-order valence-electron chi connectivity index (χ2n) is 3.49. The van der Waals surface area contributed by atoms with Crippen LogP contribution in [0.4, 0.5) is 4.39 Å². The zero-order valence-electron chi connectivity index (χ0n) is 9.08. The molecule has 16 heavy (non-hydrogen) atoms. The van der Waals surface area contributed by atoms with Crippen molar-refractivity contribution in [3.63, 3.8) is 0 Å². The van der Waals surface area contributed by atoms with Gasteiger partial charge in [-0.05, 0) is 24.1 Å². The molecule has 1 rings (SSSR count). The second-order valence-corrected chi connectivity index (χ2v) is 3.93. The summed E-state index contributed by atoms with van der Waals surface area (Å²) in [4.78, 5) is 11.1. The Hall–Kier alpha value is -1.09. The third-order valence-electron chi connectivity index (χ3n) is 2.09. The first-order valence-electron chi connectivity index (χ1n) is 5.18. The first kappa shape index (κ1) is 13.0. The standard InChI is InChI=1S/C12H14ClFO2/c1-2-3-11(14)12(15)16-8-9-4-6-10(13)7-5-9/h4-7,11H,2-3,8H2,1H3. The van der Waals surface area contributed by atoms with Gasteiger partial charge >= 0.3 is 5.97 Å². The van der Waals surface area contributed by atoms with Crippen LogP contribution >= 0.6 is 11.6 Å². The van der Waals surface area contributed by atoms with Crippen LogP contribution in [0.25, 0.3) is 0 Å². The van der Waals surface area contributed by atoms with Crippen molar-refractivity contribution in [1.82, 2.24) is 0 Å². The number of alkyl halides is 1. The quantitative estimate of drug-likeness (QED) is 0.741. The summed E-state index contributed by atoms with van der Waals surface area (Å²) in [5.74, 6) is -0.795. The number of esters is 1. The number of carbonyl (C=O) groups excluding carboxylic acids is 1. The van der Waals surface area contributed by atoms with E-state index in [0.717, 1.165) is 5.56 Å². The Bertz CT molecular complexity index is 337. The van der Waals surface area contributed by atoms with Crippen molar-refractivity contribution in [2.45, 2.75) is 32.5 Å². The summed E-state index contributed by atoms with van der Waals surface area (Å²) in [6.07, 6.45) is -0.686.